The molecule has 0 fully saturated rings. The SMILES string of the molecule is NC(Cc1cn2ccsc2n1)c1cccc(Br)c1Cl. The first-order valence-corrected chi connectivity index (χ1v) is 7.81. The van der Waals surface area contributed by atoms with Crippen molar-refractivity contribution in [1.29, 1.82) is 0 Å². The molecule has 1 unspecified atom stereocenters. The zero-order chi connectivity index (χ0) is 13.4. The molecule has 0 radical (unpaired) electrons. The molecule has 6 heteroatoms. The van der Waals surface area contributed by atoms with Crippen molar-refractivity contribution in [2.75, 3.05) is 0 Å². The van der Waals surface area contributed by atoms with Gasteiger partial charge in [-0.1, -0.05) is 23.7 Å². The van der Waals surface area contributed by atoms with E-state index in [9.17, 15) is 0 Å². The first-order valence-electron chi connectivity index (χ1n) is 5.75. The van der Waals surface area contributed by atoms with Crippen LogP contribution in [0.1, 0.15) is 17.3 Å². The van der Waals surface area contributed by atoms with Crippen LogP contribution in [0, 0.1) is 0 Å². The minimum Gasteiger partial charge on any atom is -0.324 e. The Kier molecular flexibility index (Phi) is 3.62. The molecule has 2 heterocycles. The number of halogens is 2. The van der Waals surface area contributed by atoms with E-state index in [-0.39, 0.29) is 6.04 Å². The lowest BCUT2D eigenvalue weighted by atomic mass is 10.0. The third-order valence-electron chi connectivity index (χ3n) is 2.95. The third kappa shape index (κ3) is 2.56. The van der Waals surface area contributed by atoms with Gasteiger partial charge in [0.15, 0.2) is 4.96 Å². The van der Waals surface area contributed by atoms with E-state index in [4.69, 9.17) is 17.3 Å². The molecule has 0 saturated carbocycles. The summed E-state index contributed by atoms with van der Waals surface area (Å²) in [5.41, 5.74) is 8.16. The molecule has 0 aliphatic rings. The summed E-state index contributed by atoms with van der Waals surface area (Å²) in [5, 5.41) is 2.69. The third-order valence-corrected chi connectivity index (χ3v) is 5.03. The highest BCUT2D eigenvalue weighted by Gasteiger charge is 2.14. The van der Waals surface area contributed by atoms with Gasteiger partial charge >= 0.3 is 0 Å². The molecule has 1 atom stereocenters. The average molecular weight is 357 g/mol. The van der Waals surface area contributed by atoms with Gasteiger partial charge in [0, 0.05) is 34.7 Å². The Balaban J connectivity index is 1.86. The largest absolute Gasteiger partial charge is 0.324 e. The molecule has 1 aromatic carbocycles. The lowest BCUT2D eigenvalue weighted by molar-refractivity contribution is 0.710. The molecule has 0 aliphatic heterocycles. The van der Waals surface area contributed by atoms with Gasteiger partial charge < -0.3 is 5.73 Å². The molecule has 0 saturated heterocycles. The van der Waals surface area contributed by atoms with Gasteiger partial charge in [-0.3, -0.25) is 4.40 Å². The number of hydrogen-bond acceptors (Lipinski definition) is 3. The predicted octanol–water partition coefficient (Wildman–Crippen LogP) is 4.05. The van der Waals surface area contributed by atoms with Crippen molar-refractivity contribution in [3.63, 3.8) is 0 Å². The summed E-state index contributed by atoms with van der Waals surface area (Å²) in [5.74, 6) is 0. The summed E-state index contributed by atoms with van der Waals surface area (Å²) in [7, 11) is 0. The van der Waals surface area contributed by atoms with Crippen molar-refractivity contribution >= 4 is 43.8 Å². The molecule has 0 aliphatic carbocycles. The van der Waals surface area contributed by atoms with Crippen LogP contribution in [0.5, 0.6) is 0 Å². The molecule has 0 amide bonds. The highest BCUT2D eigenvalue weighted by molar-refractivity contribution is 9.10. The second kappa shape index (κ2) is 5.25. The Morgan fingerprint density at radius 3 is 3.11 bits per heavy atom. The van der Waals surface area contributed by atoms with Crippen molar-refractivity contribution in [3.8, 4) is 0 Å². The van der Waals surface area contributed by atoms with Crippen molar-refractivity contribution in [1.82, 2.24) is 9.38 Å². The zero-order valence-electron chi connectivity index (χ0n) is 9.88. The van der Waals surface area contributed by atoms with Crippen LogP contribution in [0.4, 0.5) is 0 Å². The Morgan fingerprint density at radius 2 is 2.32 bits per heavy atom. The van der Waals surface area contributed by atoms with E-state index in [1.807, 2.05) is 40.4 Å². The Labute approximate surface area is 128 Å². The van der Waals surface area contributed by atoms with E-state index >= 15 is 0 Å². The van der Waals surface area contributed by atoms with Gasteiger partial charge in [0.2, 0.25) is 0 Å². The summed E-state index contributed by atoms with van der Waals surface area (Å²) in [6.07, 6.45) is 4.68. The van der Waals surface area contributed by atoms with E-state index in [1.54, 1.807) is 11.3 Å². The van der Waals surface area contributed by atoms with E-state index in [0.717, 1.165) is 20.7 Å². The van der Waals surface area contributed by atoms with Crippen molar-refractivity contribution in [3.05, 3.63) is 56.7 Å². The van der Waals surface area contributed by atoms with Crippen LogP contribution in [0.3, 0.4) is 0 Å². The van der Waals surface area contributed by atoms with Crippen LogP contribution in [0.15, 0.2) is 40.4 Å². The summed E-state index contributed by atoms with van der Waals surface area (Å²) in [6.45, 7) is 0. The van der Waals surface area contributed by atoms with Gasteiger partial charge in [-0.25, -0.2) is 4.98 Å². The molecule has 2 aromatic heterocycles. The summed E-state index contributed by atoms with van der Waals surface area (Å²) in [4.78, 5) is 5.53. The van der Waals surface area contributed by atoms with Gasteiger partial charge in [-0.05, 0) is 27.6 Å². The molecule has 98 valence electrons. The standard InChI is InChI=1S/C13H11BrClN3S/c14-10-3-1-2-9(12(10)15)11(16)6-8-7-18-4-5-19-13(18)17-8/h1-5,7,11H,6,16H2. The maximum atomic E-state index is 6.26. The van der Waals surface area contributed by atoms with E-state index < -0.39 is 0 Å². The van der Waals surface area contributed by atoms with Gasteiger partial charge in [-0.2, -0.15) is 0 Å². The predicted molar refractivity (Wildman–Crippen MR) is 82.9 cm³/mol. The molecular weight excluding hydrogens is 346 g/mol. The quantitative estimate of drug-likeness (QED) is 0.769. The molecule has 2 N–H and O–H groups in total. The topological polar surface area (TPSA) is 43.3 Å². The second-order valence-corrected chi connectivity index (χ2v) is 6.38. The smallest absolute Gasteiger partial charge is 0.193 e. The molecule has 3 aromatic rings. The molecule has 0 spiro atoms. The summed E-state index contributed by atoms with van der Waals surface area (Å²) >= 11 is 11.3. The average Bonchev–Trinajstić information content (AvgIpc) is 2.93. The van der Waals surface area contributed by atoms with Crippen LogP contribution in [0.2, 0.25) is 5.02 Å². The van der Waals surface area contributed by atoms with Gasteiger partial charge in [-0.15, -0.1) is 11.3 Å². The Morgan fingerprint density at radius 1 is 1.47 bits per heavy atom. The van der Waals surface area contributed by atoms with Gasteiger partial charge in [0.25, 0.3) is 0 Å². The second-order valence-electron chi connectivity index (χ2n) is 4.28. The van der Waals surface area contributed by atoms with Crippen molar-refractivity contribution in [2.24, 2.45) is 5.73 Å². The number of imidazole rings is 1. The number of aromatic nitrogens is 2. The lowest BCUT2D eigenvalue weighted by Crippen LogP contribution is -2.14. The number of hydrogen-bond donors (Lipinski definition) is 1. The maximum Gasteiger partial charge on any atom is 0.193 e. The number of nitrogens with zero attached hydrogens (tertiary/aromatic N) is 2. The van der Waals surface area contributed by atoms with Gasteiger partial charge in [0.05, 0.1) is 10.7 Å². The Hall–Kier alpha value is -0.880. The molecule has 3 rings (SSSR count). The molecule has 0 bridgehead atoms. The van der Waals surface area contributed by atoms with Crippen LogP contribution in [0.25, 0.3) is 4.96 Å². The highest BCUT2D eigenvalue weighted by atomic mass is 79.9. The first-order chi connectivity index (χ1) is 9.15. The van der Waals surface area contributed by atoms with E-state index in [1.165, 1.54) is 0 Å². The number of fused-ring (bicyclic) bond motifs is 1. The van der Waals surface area contributed by atoms with E-state index in [0.29, 0.717) is 11.4 Å². The van der Waals surface area contributed by atoms with Crippen LogP contribution in [-0.2, 0) is 6.42 Å². The molecular formula is C13H11BrClN3S. The monoisotopic (exact) mass is 355 g/mol. The van der Waals surface area contributed by atoms with E-state index in [2.05, 4.69) is 20.9 Å². The molecule has 3 nitrogen and oxygen atoms in total. The number of nitrogens with two attached hydrogens (primary N) is 1. The zero-order valence-corrected chi connectivity index (χ0v) is 13.0. The maximum absolute atomic E-state index is 6.26. The summed E-state index contributed by atoms with van der Waals surface area (Å²) in [6, 6.07) is 5.65. The van der Waals surface area contributed by atoms with Crippen molar-refractivity contribution < 1.29 is 0 Å². The Bertz CT molecular complexity index is 693. The lowest BCUT2D eigenvalue weighted by Gasteiger charge is -2.13. The fourth-order valence-electron chi connectivity index (χ4n) is 2.02. The minimum atomic E-state index is -0.158. The molecule has 19 heavy (non-hydrogen) atoms. The van der Waals surface area contributed by atoms with Crippen molar-refractivity contribution in [2.45, 2.75) is 12.5 Å². The van der Waals surface area contributed by atoms with Crippen LogP contribution < -0.4 is 5.73 Å². The summed E-state index contributed by atoms with van der Waals surface area (Å²) < 4.78 is 2.88. The minimum absolute atomic E-state index is 0.158. The van der Waals surface area contributed by atoms with Crippen LogP contribution >= 0.6 is 38.9 Å². The normalized spacial score (nSPS) is 13.0. The highest BCUT2D eigenvalue weighted by Crippen LogP contribution is 2.30. The number of thiazole rings is 1. The van der Waals surface area contributed by atoms with Gasteiger partial charge in [0.1, 0.15) is 0 Å². The van der Waals surface area contributed by atoms with Crippen LogP contribution in [-0.4, -0.2) is 9.38 Å². The fourth-order valence-corrected chi connectivity index (χ4v) is 3.38. The number of benzene rings is 1. The first kappa shape index (κ1) is 13.1. The fraction of sp³-hybridized carbons (Fsp3) is 0.154. The number of rotatable bonds is 3.